The summed E-state index contributed by atoms with van der Waals surface area (Å²) in [6, 6.07) is 19.6. The molecule has 1 heteroatoms. The minimum Gasteiger partial charge on any atom is -0.293 e. The first kappa shape index (κ1) is 12.6. The predicted molar refractivity (Wildman–Crippen MR) is 74.8 cm³/mol. The molecule has 0 aliphatic rings. The molecule has 0 aromatic heterocycles. The minimum atomic E-state index is -0.0615. The number of Topliss-reactive ketones (excluding diaryl/α,β-unsaturated/α-hetero) is 1. The molecule has 0 aliphatic heterocycles. The first-order chi connectivity index (χ1) is 8.70. The fourth-order valence-corrected chi connectivity index (χ4v) is 2.28. The number of carbonyl (C=O) groups is 1. The van der Waals surface area contributed by atoms with Crippen LogP contribution in [0.5, 0.6) is 0 Å². The maximum absolute atomic E-state index is 12.6. The van der Waals surface area contributed by atoms with Gasteiger partial charge in [0, 0.05) is 11.5 Å². The molecule has 0 radical (unpaired) electrons. The molecule has 0 fully saturated rings. The van der Waals surface area contributed by atoms with Crippen LogP contribution in [-0.4, -0.2) is 5.78 Å². The molecule has 2 aromatic carbocycles. The van der Waals surface area contributed by atoms with Crippen LogP contribution >= 0.6 is 0 Å². The van der Waals surface area contributed by atoms with E-state index in [1.165, 1.54) is 0 Å². The van der Waals surface area contributed by atoms with Crippen LogP contribution in [0.3, 0.4) is 0 Å². The maximum Gasteiger partial charge on any atom is 0.170 e. The topological polar surface area (TPSA) is 17.1 Å². The molecule has 92 valence electrons. The van der Waals surface area contributed by atoms with Crippen LogP contribution in [0, 0.1) is 5.92 Å². The Labute approximate surface area is 108 Å². The number of hydrogen-bond donors (Lipinski definition) is 0. The van der Waals surface area contributed by atoms with Crippen LogP contribution in [0.1, 0.15) is 35.7 Å². The van der Waals surface area contributed by atoms with Crippen LogP contribution in [0.2, 0.25) is 0 Å². The number of benzene rings is 2. The number of carbonyl (C=O) groups excluding carboxylic acids is 1. The highest BCUT2D eigenvalue weighted by Gasteiger charge is 2.24. The van der Waals surface area contributed by atoms with Gasteiger partial charge in [0.25, 0.3) is 0 Å². The minimum absolute atomic E-state index is 0.0615. The summed E-state index contributed by atoms with van der Waals surface area (Å²) >= 11 is 0. The third kappa shape index (κ3) is 2.67. The van der Waals surface area contributed by atoms with Gasteiger partial charge in [-0.2, -0.15) is 0 Å². The standard InChI is InChI=1S/C17H18O/c1-13(2)16(14-9-5-3-6-10-14)17(18)15-11-7-4-8-12-15/h3-13,16H,1-2H3/t16-/m1/s1. The van der Waals surface area contributed by atoms with Crippen molar-refractivity contribution in [3.63, 3.8) is 0 Å². The Balaban J connectivity index is 2.35. The lowest BCUT2D eigenvalue weighted by molar-refractivity contribution is 0.0938. The van der Waals surface area contributed by atoms with E-state index in [0.29, 0.717) is 5.92 Å². The molecule has 1 nitrogen and oxygen atoms in total. The van der Waals surface area contributed by atoms with E-state index in [1.54, 1.807) is 0 Å². The molecule has 0 bridgehead atoms. The number of hydrogen-bond acceptors (Lipinski definition) is 1. The lowest BCUT2D eigenvalue weighted by atomic mass is 9.82. The van der Waals surface area contributed by atoms with Gasteiger partial charge in [-0.3, -0.25) is 4.79 Å². The van der Waals surface area contributed by atoms with Gasteiger partial charge in [0.05, 0.1) is 0 Å². The van der Waals surface area contributed by atoms with Crippen LogP contribution < -0.4 is 0 Å². The van der Waals surface area contributed by atoms with Gasteiger partial charge in [0.2, 0.25) is 0 Å². The molecule has 0 heterocycles. The van der Waals surface area contributed by atoms with Crippen molar-refractivity contribution < 1.29 is 4.79 Å². The highest BCUT2D eigenvalue weighted by molar-refractivity contribution is 6.01. The Hall–Kier alpha value is -1.89. The normalized spacial score (nSPS) is 12.4. The van der Waals surface area contributed by atoms with Crippen molar-refractivity contribution in [1.29, 1.82) is 0 Å². The van der Waals surface area contributed by atoms with Crippen LogP contribution in [0.4, 0.5) is 0 Å². The van der Waals surface area contributed by atoms with Gasteiger partial charge in [-0.15, -0.1) is 0 Å². The highest BCUT2D eigenvalue weighted by Crippen LogP contribution is 2.28. The third-order valence-electron chi connectivity index (χ3n) is 3.17. The van der Waals surface area contributed by atoms with E-state index in [1.807, 2.05) is 60.7 Å². The zero-order valence-corrected chi connectivity index (χ0v) is 10.8. The largest absolute Gasteiger partial charge is 0.293 e. The van der Waals surface area contributed by atoms with Crippen molar-refractivity contribution in [2.45, 2.75) is 19.8 Å². The lowest BCUT2D eigenvalue weighted by Crippen LogP contribution is -2.18. The predicted octanol–water partition coefficient (Wildman–Crippen LogP) is 4.31. The number of ketones is 1. The Morgan fingerprint density at radius 1 is 0.833 bits per heavy atom. The van der Waals surface area contributed by atoms with Gasteiger partial charge in [-0.1, -0.05) is 74.5 Å². The van der Waals surface area contributed by atoms with Gasteiger partial charge in [-0.25, -0.2) is 0 Å². The Bertz CT molecular complexity index is 500. The van der Waals surface area contributed by atoms with Gasteiger partial charge in [-0.05, 0) is 11.5 Å². The average molecular weight is 238 g/mol. The van der Waals surface area contributed by atoms with E-state index in [9.17, 15) is 4.79 Å². The molecule has 0 spiro atoms. The number of rotatable bonds is 4. The molecule has 0 saturated heterocycles. The summed E-state index contributed by atoms with van der Waals surface area (Å²) in [6.07, 6.45) is 0. The Morgan fingerprint density at radius 3 is 1.83 bits per heavy atom. The molecule has 2 rings (SSSR count). The highest BCUT2D eigenvalue weighted by atomic mass is 16.1. The molecule has 0 N–H and O–H groups in total. The summed E-state index contributed by atoms with van der Waals surface area (Å²) in [5, 5.41) is 0. The van der Waals surface area contributed by atoms with Crippen LogP contribution in [-0.2, 0) is 0 Å². The fourth-order valence-electron chi connectivity index (χ4n) is 2.28. The van der Waals surface area contributed by atoms with Crippen LogP contribution in [0.15, 0.2) is 60.7 Å². The molecule has 1 atom stereocenters. The van der Waals surface area contributed by atoms with Crippen molar-refractivity contribution in [3.8, 4) is 0 Å². The summed E-state index contributed by atoms with van der Waals surface area (Å²) in [5.74, 6) is 0.436. The van der Waals surface area contributed by atoms with E-state index in [2.05, 4.69) is 13.8 Å². The molecule has 0 amide bonds. The summed E-state index contributed by atoms with van der Waals surface area (Å²) in [7, 11) is 0. The molecular weight excluding hydrogens is 220 g/mol. The van der Waals surface area contributed by atoms with Gasteiger partial charge < -0.3 is 0 Å². The van der Waals surface area contributed by atoms with E-state index in [4.69, 9.17) is 0 Å². The van der Waals surface area contributed by atoms with Crippen molar-refractivity contribution in [2.75, 3.05) is 0 Å². The quantitative estimate of drug-likeness (QED) is 0.725. The first-order valence-electron chi connectivity index (χ1n) is 6.34. The van der Waals surface area contributed by atoms with Crippen molar-refractivity contribution in [1.82, 2.24) is 0 Å². The maximum atomic E-state index is 12.6. The second-order valence-corrected chi connectivity index (χ2v) is 4.86. The summed E-state index contributed by atoms with van der Waals surface area (Å²) in [4.78, 5) is 12.6. The Morgan fingerprint density at radius 2 is 1.33 bits per heavy atom. The average Bonchev–Trinajstić information content (AvgIpc) is 2.40. The van der Waals surface area contributed by atoms with Crippen molar-refractivity contribution in [3.05, 3.63) is 71.8 Å². The SMILES string of the molecule is CC(C)[C@@H](C(=O)c1ccccc1)c1ccccc1. The lowest BCUT2D eigenvalue weighted by Gasteiger charge is -2.20. The van der Waals surface area contributed by atoms with Gasteiger partial charge in [0.1, 0.15) is 0 Å². The second-order valence-electron chi connectivity index (χ2n) is 4.86. The molecule has 2 aromatic rings. The summed E-state index contributed by atoms with van der Waals surface area (Å²) in [6.45, 7) is 4.19. The van der Waals surface area contributed by atoms with E-state index < -0.39 is 0 Å². The monoisotopic (exact) mass is 238 g/mol. The zero-order valence-electron chi connectivity index (χ0n) is 10.8. The molecule has 0 saturated carbocycles. The third-order valence-corrected chi connectivity index (χ3v) is 3.17. The summed E-state index contributed by atoms with van der Waals surface area (Å²) < 4.78 is 0. The fraction of sp³-hybridized carbons (Fsp3) is 0.235. The van der Waals surface area contributed by atoms with E-state index in [-0.39, 0.29) is 11.7 Å². The van der Waals surface area contributed by atoms with Gasteiger partial charge in [0.15, 0.2) is 5.78 Å². The zero-order chi connectivity index (χ0) is 13.0. The molecule has 18 heavy (non-hydrogen) atoms. The van der Waals surface area contributed by atoms with Crippen LogP contribution in [0.25, 0.3) is 0 Å². The molecule has 0 unspecified atom stereocenters. The van der Waals surface area contributed by atoms with Gasteiger partial charge >= 0.3 is 0 Å². The van der Waals surface area contributed by atoms with Crippen molar-refractivity contribution >= 4 is 5.78 Å². The molecule has 0 aliphatic carbocycles. The summed E-state index contributed by atoms with van der Waals surface area (Å²) in [5.41, 5.74) is 1.89. The smallest absolute Gasteiger partial charge is 0.170 e. The van der Waals surface area contributed by atoms with Crippen molar-refractivity contribution in [2.24, 2.45) is 5.92 Å². The molecular formula is C17H18O. The Kier molecular flexibility index (Phi) is 3.93. The second kappa shape index (κ2) is 5.63. The van der Waals surface area contributed by atoms with E-state index in [0.717, 1.165) is 11.1 Å². The first-order valence-corrected chi connectivity index (χ1v) is 6.34. The van der Waals surface area contributed by atoms with E-state index >= 15 is 0 Å².